The Bertz CT molecular complexity index is 497. The summed E-state index contributed by atoms with van der Waals surface area (Å²) in [6, 6.07) is 5.90. The molecule has 3 rings (SSSR count). The molecule has 0 amide bonds. The number of pyridine rings is 1. The van der Waals surface area contributed by atoms with E-state index in [4.69, 9.17) is 10.7 Å². The lowest BCUT2D eigenvalue weighted by molar-refractivity contribution is 0.252. The van der Waals surface area contributed by atoms with E-state index in [0.717, 1.165) is 11.4 Å². The van der Waals surface area contributed by atoms with Crippen LogP contribution in [0.5, 0.6) is 0 Å². The van der Waals surface area contributed by atoms with Gasteiger partial charge in [0.25, 0.3) is 0 Å². The highest BCUT2D eigenvalue weighted by Gasteiger charge is 2.39. The van der Waals surface area contributed by atoms with Crippen LogP contribution in [-0.2, 0) is 5.41 Å². The molecule has 2 heterocycles. The fraction of sp³-hybridized carbons (Fsp3) is 0.385. The highest BCUT2D eigenvalue weighted by Crippen LogP contribution is 2.44. The quantitative estimate of drug-likeness (QED) is 0.904. The monoisotopic (exact) mass is 245 g/mol. The fourth-order valence-electron chi connectivity index (χ4n) is 2.26. The maximum Gasteiger partial charge on any atom is 0.101 e. The van der Waals surface area contributed by atoms with Crippen LogP contribution in [0.4, 0.5) is 0 Å². The zero-order valence-corrected chi connectivity index (χ0v) is 10.4. The molecule has 0 radical (unpaired) electrons. The van der Waals surface area contributed by atoms with Gasteiger partial charge in [-0.25, -0.2) is 4.98 Å². The number of thiazole rings is 1. The second-order valence-corrected chi connectivity index (χ2v) is 5.45. The molecular formula is C13H15N3S. The van der Waals surface area contributed by atoms with E-state index < -0.39 is 0 Å². The summed E-state index contributed by atoms with van der Waals surface area (Å²) in [7, 11) is 0. The lowest BCUT2D eigenvalue weighted by Crippen LogP contribution is -2.41. The van der Waals surface area contributed by atoms with E-state index in [1.807, 2.05) is 18.2 Å². The third kappa shape index (κ3) is 1.77. The zero-order chi connectivity index (χ0) is 11.7. The fourth-order valence-corrected chi connectivity index (χ4v) is 3.34. The van der Waals surface area contributed by atoms with Crippen LogP contribution in [0.2, 0.25) is 0 Å². The third-order valence-electron chi connectivity index (χ3n) is 3.59. The highest BCUT2D eigenvalue weighted by atomic mass is 32.1. The van der Waals surface area contributed by atoms with Gasteiger partial charge in [0.1, 0.15) is 5.01 Å². The van der Waals surface area contributed by atoms with Gasteiger partial charge in [-0.15, -0.1) is 11.3 Å². The largest absolute Gasteiger partial charge is 0.329 e. The SMILES string of the molecule is NCC1(c2nc(-c3ccccn3)cs2)CCC1. The molecule has 2 N–H and O–H groups in total. The van der Waals surface area contributed by atoms with Crippen LogP contribution in [0.3, 0.4) is 0 Å². The Balaban J connectivity index is 1.93. The predicted octanol–water partition coefficient (Wildman–Crippen LogP) is 2.59. The molecule has 0 atom stereocenters. The minimum Gasteiger partial charge on any atom is -0.329 e. The molecule has 0 aromatic carbocycles. The first kappa shape index (κ1) is 10.9. The summed E-state index contributed by atoms with van der Waals surface area (Å²) in [6.07, 6.45) is 5.43. The topological polar surface area (TPSA) is 51.8 Å². The molecule has 2 aromatic heterocycles. The van der Waals surface area contributed by atoms with Gasteiger partial charge in [0.15, 0.2) is 0 Å². The Hall–Kier alpha value is -1.26. The molecule has 2 aromatic rings. The first-order valence-corrected chi connectivity index (χ1v) is 6.79. The van der Waals surface area contributed by atoms with Crippen LogP contribution in [-0.4, -0.2) is 16.5 Å². The summed E-state index contributed by atoms with van der Waals surface area (Å²) in [4.78, 5) is 9.05. The zero-order valence-electron chi connectivity index (χ0n) is 9.60. The molecule has 1 aliphatic rings. The molecule has 0 unspecified atom stereocenters. The molecule has 17 heavy (non-hydrogen) atoms. The Morgan fingerprint density at radius 3 is 2.76 bits per heavy atom. The van der Waals surface area contributed by atoms with Gasteiger partial charge in [0.05, 0.1) is 11.4 Å². The van der Waals surface area contributed by atoms with Crippen LogP contribution in [0.15, 0.2) is 29.8 Å². The van der Waals surface area contributed by atoms with E-state index in [2.05, 4.69) is 10.4 Å². The van der Waals surface area contributed by atoms with Crippen molar-refractivity contribution >= 4 is 11.3 Å². The molecule has 3 nitrogen and oxygen atoms in total. The average molecular weight is 245 g/mol. The second-order valence-electron chi connectivity index (χ2n) is 4.59. The number of rotatable bonds is 3. The molecule has 0 saturated heterocycles. The first-order valence-electron chi connectivity index (χ1n) is 5.92. The van der Waals surface area contributed by atoms with Crippen LogP contribution >= 0.6 is 11.3 Å². The maximum atomic E-state index is 5.90. The molecule has 4 heteroatoms. The lowest BCUT2D eigenvalue weighted by Gasteiger charge is -2.38. The first-order chi connectivity index (χ1) is 8.34. The molecule has 1 saturated carbocycles. The molecule has 0 aliphatic heterocycles. The molecule has 0 bridgehead atoms. The van der Waals surface area contributed by atoms with E-state index in [-0.39, 0.29) is 5.41 Å². The molecule has 88 valence electrons. The number of aromatic nitrogens is 2. The average Bonchev–Trinajstić information content (AvgIpc) is 2.80. The summed E-state index contributed by atoms with van der Waals surface area (Å²) in [6.45, 7) is 0.710. The minimum absolute atomic E-state index is 0.164. The van der Waals surface area contributed by atoms with Crippen LogP contribution in [0.25, 0.3) is 11.4 Å². The number of nitrogens with zero attached hydrogens (tertiary/aromatic N) is 2. The Kier molecular flexibility index (Phi) is 2.68. The van der Waals surface area contributed by atoms with E-state index in [9.17, 15) is 0 Å². The van der Waals surface area contributed by atoms with Crippen molar-refractivity contribution in [3.63, 3.8) is 0 Å². The summed E-state index contributed by atoms with van der Waals surface area (Å²) >= 11 is 1.72. The third-order valence-corrected chi connectivity index (χ3v) is 4.68. The number of nitrogens with two attached hydrogens (primary N) is 1. The van der Waals surface area contributed by atoms with Crippen molar-refractivity contribution in [1.82, 2.24) is 9.97 Å². The van der Waals surface area contributed by atoms with E-state index >= 15 is 0 Å². The van der Waals surface area contributed by atoms with Gasteiger partial charge in [-0.2, -0.15) is 0 Å². The summed E-state index contributed by atoms with van der Waals surface area (Å²) in [5, 5.41) is 3.28. The van der Waals surface area contributed by atoms with Crippen molar-refractivity contribution < 1.29 is 0 Å². The van der Waals surface area contributed by atoms with Gasteiger partial charge in [-0.3, -0.25) is 4.98 Å². The van der Waals surface area contributed by atoms with Gasteiger partial charge in [-0.1, -0.05) is 12.5 Å². The molecule has 1 fully saturated rings. The van der Waals surface area contributed by atoms with Crippen molar-refractivity contribution in [1.29, 1.82) is 0 Å². The number of hydrogen-bond donors (Lipinski definition) is 1. The van der Waals surface area contributed by atoms with Crippen LogP contribution in [0.1, 0.15) is 24.3 Å². The summed E-state index contributed by atoms with van der Waals surface area (Å²) in [5.41, 5.74) is 7.99. The highest BCUT2D eigenvalue weighted by molar-refractivity contribution is 7.10. The van der Waals surface area contributed by atoms with Gasteiger partial charge < -0.3 is 5.73 Å². The Morgan fingerprint density at radius 2 is 2.18 bits per heavy atom. The van der Waals surface area contributed by atoms with Crippen molar-refractivity contribution in [3.8, 4) is 11.4 Å². The standard InChI is InChI=1S/C13H15N3S/c14-9-13(5-3-6-13)12-16-11(8-17-12)10-4-1-2-7-15-10/h1-2,4,7-8H,3,5-6,9,14H2. The second kappa shape index (κ2) is 4.20. The number of hydrogen-bond acceptors (Lipinski definition) is 4. The summed E-state index contributed by atoms with van der Waals surface area (Å²) in [5.74, 6) is 0. The van der Waals surface area contributed by atoms with Gasteiger partial charge in [-0.05, 0) is 25.0 Å². The van der Waals surface area contributed by atoms with Crippen molar-refractivity contribution in [3.05, 3.63) is 34.8 Å². The molecular weight excluding hydrogens is 230 g/mol. The maximum absolute atomic E-state index is 5.90. The van der Waals surface area contributed by atoms with Gasteiger partial charge in [0, 0.05) is 23.5 Å². The summed E-state index contributed by atoms with van der Waals surface area (Å²) < 4.78 is 0. The van der Waals surface area contributed by atoms with Crippen molar-refractivity contribution in [2.75, 3.05) is 6.54 Å². The van der Waals surface area contributed by atoms with E-state index in [0.29, 0.717) is 6.54 Å². The van der Waals surface area contributed by atoms with Gasteiger partial charge in [0.2, 0.25) is 0 Å². The predicted molar refractivity (Wildman–Crippen MR) is 69.9 cm³/mol. The van der Waals surface area contributed by atoms with Crippen LogP contribution < -0.4 is 5.73 Å². The Morgan fingerprint density at radius 1 is 1.29 bits per heavy atom. The molecule has 0 spiro atoms. The molecule has 1 aliphatic carbocycles. The van der Waals surface area contributed by atoms with E-state index in [1.54, 1.807) is 17.5 Å². The van der Waals surface area contributed by atoms with Crippen LogP contribution in [0, 0.1) is 0 Å². The van der Waals surface area contributed by atoms with Crippen molar-refractivity contribution in [2.45, 2.75) is 24.7 Å². The normalized spacial score (nSPS) is 17.7. The Labute approximate surface area is 105 Å². The smallest absolute Gasteiger partial charge is 0.101 e. The van der Waals surface area contributed by atoms with Crippen molar-refractivity contribution in [2.24, 2.45) is 5.73 Å². The minimum atomic E-state index is 0.164. The van der Waals surface area contributed by atoms with Gasteiger partial charge >= 0.3 is 0 Å². The lowest BCUT2D eigenvalue weighted by atomic mass is 9.69. The van der Waals surface area contributed by atoms with E-state index in [1.165, 1.54) is 24.3 Å².